The van der Waals surface area contributed by atoms with Gasteiger partial charge in [0.15, 0.2) is 0 Å². The molecule has 0 saturated carbocycles. The van der Waals surface area contributed by atoms with Crippen LogP contribution in [0.25, 0.3) is 0 Å². The Labute approximate surface area is 88.2 Å². The van der Waals surface area contributed by atoms with Gasteiger partial charge >= 0.3 is 0 Å². The molecule has 0 aliphatic rings. The highest BCUT2D eigenvalue weighted by molar-refractivity contribution is 6.17. The predicted octanol–water partition coefficient (Wildman–Crippen LogP) is 3.28. The van der Waals surface area contributed by atoms with E-state index in [-0.39, 0.29) is 0 Å². The topological polar surface area (TPSA) is 12.0 Å². The molecule has 0 radical (unpaired) electrons. The van der Waals surface area contributed by atoms with Gasteiger partial charge < -0.3 is 5.32 Å². The molecule has 0 saturated heterocycles. The van der Waals surface area contributed by atoms with E-state index in [0.717, 1.165) is 25.4 Å². The lowest BCUT2D eigenvalue weighted by Crippen LogP contribution is -2.25. The van der Waals surface area contributed by atoms with Crippen LogP contribution in [0.2, 0.25) is 0 Å². The number of hydrogen-bond acceptors (Lipinski definition) is 1. The predicted molar refractivity (Wildman–Crippen MR) is 61.4 cm³/mol. The number of rotatable bonds is 6. The molecule has 1 nitrogen and oxygen atoms in total. The maximum atomic E-state index is 5.65. The van der Waals surface area contributed by atoms with Crippen LogP contribution in [0.3, 0.4) is 0 Å². The Morgan fingerprint density at radius 2 is 1.92 bits per heavy atom. The molecule has 0 bridgehead atoms. The van der Waals surface area contributed by atoms with Crippen molar-refractivity contribution < 1.29 is 0 Å². The van der Waals surface area contributed by atoms with Gasteiger partial charge in [-0.2, -0.15) is 0 Å². The zero-order valence-corrected chi connectivity index (χ0v) is 10.2. The Hall–Kier alpha value is 0.250. The maximum Gasteiger partial charge on any atom is 0.0226 e. The van der Waals surface area contributed by atoms with Crippen molar-refractivity contribution in [3.8, 4) is 0 Å². The second-order valence-electron chi connectivity index (χ2n) is 5.10. The summed E-state index contributed by atoms with van der Waals surface area (Å²) in [4.78, 5) is 0. The molecule has 1 atom stereocenters. The first-order valence-corrected chi connectivity index (χ1v) is 5.76. The van der Waals surface area contributed by atoms with E-state index in [4.69, 9.17) is 11.6 Å². The van der Waals surface area contributed by atoms with Crippen LogP contribution in [0.5, 0.6) is 0 Å². The lowest BCUT2D eigenvalue weighted by molar-refractivity contribution is 0.359. The molecule has 0 fully saturated rings. The van der Waals surface area contributed by atoms with E-state index in [9.17, 15) is 0 Å². The lowest BCUT2D eigenvalue weighted by atomic mass is 9.92. The van der Waals surface area contributed by atoms with Crippen LogP contribution in [-0.4, -0.2) is 19.0 Å². The van der Waals surface area contributed by atoms with Crippen LogP contribution in [-0.2, 0) is 0 Å². The summed E-state index contributed by atoms with van der Waals surface area (Å²) in [5, 5.41) is 3.47. The number of alkyl halides is 1. The zero-order chi connectivity index (χ0) is 10.3. The van der Waals surface area contributed by atoms with E-state index >= 15 is 0 Å². The first kappa shape index (κ1) is 13.2. The molecule has 0 heterocycles. The van der Waals surface area contributed by atoms with Crippen molar-refractivity contribution in [1.29, 1.82) is 0 Å². The highest BCUT2D eigenvalue weighted by atomic mass is 35.5. The van der Waals surface area contributed by atoms with Crippen molar-refractivity contribution in [1.82, 2.24) is 5.32 Å². The van der Waals surface area contributed by atoms with Crippen LogP contribution in [0.4, 0.5) is 0 Å². The van der Waals surface area contributed by atoms with Crippen molar-refractivity contribution in [2.45, 2.75) is 40.5 Å². The highest BCUT2D eigenvalue weighted by Crippen LogP contribution is 2.16. The van der Waals surface area contributed by atoms with Gasteiger partial charge in [0.1, 0.15) is 0 Å². The zero-order valence-electron chi connectivity index (χ0n) is 9.49. The smallest absolute Gasteiger partial charge is 0.0226 e. The summed E-state index contributed by atoms with van der Waals surface area (Å²) in [5.74, 6) is 1.49. The van der Waals surface area contributed by atoms with Crippen LogP contribution < -0.4 is 5.32 Å². The van der Waals surface area contributed by atoms with Crippen LogP contribution in [0.1, 0.15) is 40.5 Å². The molecule has 1 unspecified atom stereocenters. The van der Waals surface area contributed by atoms with Gasteiger partial charge in [-0.25, -0.2) is 0 Å². The molecule has 0 amide bonds. The molecule has 0 aromatic rings. The number of hydrogen-bond donors (Lipinski definition) is 1. The quantitative estimate of drug-likeness (QED) is 0.519. The third-order valence-electron chi connectivity index (χ3n) is 2.15. The second-order valence-corrected chi connectivity index (χ2v) is 5.48. The van der Waals surface area contributed by atoms with Gasteiger partial charge in [0, 0.05) is 5.88 Å². The van der Waals surface area contributed by atoms with E-state index in [1.165, 1.54) is 6.42 Å². The third kappa shape index (κ3) is 10.2. The summed E-state index contributed by atoms with van der Waals surface area (Å²) in [5.41, 5.74) is 0.447. The van der Waals surface area contributed by atoms with Crippen LogP contribution in [0.15, 0.2) is 0 Å². The standard InChI is InChI=1S/C11H24ClN/c1-10(5-7-12)9-13-8-6-11(2,3)4/h10,13H,5-9H2,1-4H3. The van der Waals surface area contributed by atoms with Crippen molar-refractivity contribution in [3.05, 3.63) is 0 Å². The second kappa shape index (κ2) is 6.67. The van der Waals surface area contributed by atoms with Crippen molar-refractivity contribution in [2.75, 3.05) is 19.0 Å². The molecule has 0 aromatic heterocycles. The van der Waals surface area contributed by atoms with E-state index < -0.39 is 0 Å². The first-order valence-electron chi connectivity index (χ1n) is 5.22. The molecular formula is C11H24ClN. The van der Waals surface area contributed by atoms with E-state index in [1.54, 1.807) is 0 Å². The van der Waals surface area contributed by atoms with Gasteiger partial charge in [-0.15, -0.1) is 11.6 Å². The SMILES string of the molecule is CC(CCCl)CNCCC(C)(C)C. The van der Waals surface area contributed by atoms with E-state index in [2.05, 4.69) is 33.0 Å². The van der Waals surface area contributed by atoms with Gasteiger partial charge in [0.05, 0.1) is 0 Å². The van der Waals surface area contributed by atoms with Crippen molar-refractivity contribution in [2.24, 2.45) is 11.3 Å². The largest absolute Gasteiger partial charge is 0.316 e. The summed E-state index contributed by atoms with van der Waals surface area (Å²) >= 11 is 5.65. The number of halogens is 1. The molecule has 80 valence electrons. The average Bonchev–Trinajstić information content (AvgIpc) is 1.97. The Morgan fingerprint density at radius 3 is 2.38 bits per heavy atom. The summed E-state index contributed by atoms with van der Waals surface area (Å²) in [6.07, 6.45) is 2.35. The molecular weight excluding hydrogens is 182 g/mol. The third-order valence-corrected chi connectivity index (χ3v) is 2.36. The molecule has 1 N–H and O–H groups in total. The van der Waals surface area contributed by atoms with Gasteiger partial charge in [-0.05, 0) is 37.3 Å². The summed E-state index contributed by atoms with van der Waals surface area (Å²) in [6, 6.07) is 0. The van der Waals surface area contributed by atoms with Crippen molar-refractivity contribution >= 4 is 11.6 Å². The minimum atomic E-state index is 0.447. The van der Waals surface area contributed by atoms with Gasteiger partial charge in [0.25, 0.3) is 0 Å². The van der Waals surface area contributed by atoms with Gasteiger partial charge in [-0.1, -0.05) is 27.7 Å². The fourth-order valence-electron chi connectivity index (χ4n) is 1.10. The highest BCUT2D eigenvalue weighted by Gasteiger charge is 2.09. The van der Waals surface area contributed by atoms with E-state index in [1.807, 2.05) is 0 Å². The molecule has 0 spiro atoms. The fraction of sp³-hybridized carbons (Fsp3) is 1.00. The Morgan fingerprint density at radius 1 is 1.31 bits per heavy atom. The molecule has 0 rings (SSSR count). The number of nitrogens with one attached hydrogen (secondary N) is 1. The van der Waals surface area contributed by atoms with E-state index in [0.29, 0.717) is 11.3 Å². The normalized spacial score (nSPS) is 14.5. The van der Waals surface area contributed by atoms with Gasteiger partial charge in [0.2, 0.25) is 0 Å². The summed E-state index contributed by atoms with van der Waals surface area (Å²) in [7, 11) is 0. The monoisotopic (exact) mass is 205 g/mol. The lowest BCUT2D eigenvalue weighted by Gasteiger charge is -2.19. The van der Waals surface area contributed by atoms with Gasteiger partial charge in [-0.3, -0.25) is 0 Å². The maximum absolute atomic E-state index is 5.65. The molecule has 2 heteroatoms. The first-order chi connectivity index (χ1) is 5.95. The van der Waals surface area contributed by atoms with Crippen LogP contribution >= 0.6 is 11.6 Å². The molecule has 0 aliphatic heterocycles. The van der Waals surface area contributed by atoms with Crippen molar-refractivity contribution in [3.63, 3.8) is 0 Å². The minimum absolute atomic E-state index is 0.447. The summed E-state index contributed by atoms with van der Waals surface area (Å²) in [6.45, 7) is 11.3. The summed E-state index contributed by atoms with van der Waals surface area (Å²) < 4.78 is 0. The average molecular weight is 206 g/mol. The molecule has 0 aliphatic carbocycles. The van der Waals surface area contributed by atoms with Crippen LogP contribution in [0, 0.1) is 11.3 Å². The molecule has 13 heavy (non-hydrogen) atoms. The minimum Gasteiger partial charge on any atom is -0.316 e. The fourth-order valence-corrected chi connectivity index (χ4v) is 1.47. The Kier molecular flexibility index (Phi) is 6.79. The Bertz CT molecular complexity index is 118. The molecule has 0 aromatic carbocycles. The Balaban J connectivity index is 3.25.